The Hall–Kier alpha value is -2.79. The van der Waals surface area contributed by atoms with Crippen LogP contribution in [0.4, 0.5) is 0 Å². The first-order chi connectivity index (χ1) is 10.9. The van der Waals surface area contributed by atoms with Crippen molar-refractivity contribution in [3.05, 3.63) is 54.9 Å². The predicted octanol–water partition coefficient (Wildman–Crippen LogP) is 2.61. The third-order valence-electron chi connectivity index (χ3n) is 3.75. The van der Waals surface area contributed by atoms with Crippen molar-refractivity contribution in [1.82, 2.24) is 19.5 Å². The normalized spacial score (nSPS) is 11.3. The van der Waals surface area contributed by atoms with E-state index in [-0.39, 0.29) is 0 Å². The molecule has 4 rings (SSSR count). The number of nitrogens with zero attached hydrogens (tertiary/aromatic N) is 4. The molecule has 0 fully saturated rings. The van der Waals surface area contributed by atoms with Crippen LogP contribution in [0.25, 0.3) is 33.5 Å². The molecule has 2 N–H and O–H groups in total. The second kappa shape index (κ2) is 5.20. The second-order valence-electron chi connectivity index (χ2n) is 5.10. The fraction of sp³-hybridized carbons (Fsp3) is 0.118. The Morgan fingerprint density at radius 1 is 0.909 bits per heavy atom. The lowest BCUT2D eigenvalue weighted by Gasteiger charge is -2.09. The number of nitrogens with two attached hydrogens (primary N) is 1. The van der Waals surface area contributed by atoms with Crippen molar-refractivity contribution < 1.29 is 0 Å². The van der Waals surface area contributed by atoms with E-state index in [2.05, 4.69) is 20.6 Å². The van der Waals surface area contributed by atoms with E-state index in [4.69, 9.17) is 10.7 Å². The van der Waals surface area contributed by atoms with Crippen molar-refractivity contribution >= 4 is 22.1 Å². The molecule has 0 atom stereocenters. The van der Waals surface area contributed by atoms with Crippen molar-refractivity contribution in [3.63, 3.8) is 0 Å². The highest BCUT2D eigenvalue weighted by Crippen LogP contribution is 2.29. The Morgan fingerprint density at radius 2 is 1.77 bits per heavy atom. The fourth-order valence-electron chi connectivity index (χ4n) is 2.80. The monoisotopic (exact) mass is 289 g/mol. The quantitative estimate of drug-likeness (QED) is 0.629. The number of aromatic nitrogens is 4. The summed E-state index contributed by atoms with van der Waals surface area (Å²) < 4.78 is 2.08. The number of fused-ring (bicyclic) bond motifs is 2. The van der Waals surface area contributed by atoms with Crippen LogP contribution >= 0.6 is 0 Å². The zero-order valence-corrected chi connectivity index (χ0v) is 12.0. The lowest BCUT2D eigenvalue weighted by molar-refractivity contribution is 0.729. The topological polar surface area (TPSA) is 69.6 Å². The van der Waals surface area contributed by atoms with Gasteiger partial charge >= 0.3 is 0 Å². The number of imidazole rings is 1. The van der Waals surface area contributed by atoms with Gasteiger partial charge in [0.2, 0.25) is 0 Å². The van der Waals surface area contributed by atoms with Crippen LogP contribution in [-0.2, 0) is 6.54 Å². The van der Waals surface area contributed by atoms with E-state index in [1.54, 1.807) is 6.20 Å². The Morgan fingerprint density at radius 3 is 2.68 bits per heavy atom. The molecule has 0 radical (unpaired) electrons. The van der Waals surface area contributed by atoms with Crippen molar-refractivity contribution in [2.75, 3.05) is 6.54 Å². The number of hydrogen-bond donors (Lipinski definition) is 1. The van der Waals surface area contributed by atoms with Crippen LogP contribution in [0, 0.1) is 0 Å². The number of benzene rings is 1. The van der Waals surface area contributed by atoms with Crippen molar-refractivity contribution in [2.24, 2.45) is 5.73 Å². The van der Waals surface area contributed by atoms with E-state index in [1.165, 1.54) is 0 Å². The largest absolute Gasteiger partial charge is 0.329 e. The Kier molecular flexibility index (Phi) is 3.05. The van der Waals surface area contributed by atoms with Crippen LogP contribution in [0.2, 0.25) is 0 Å². The van der Waals surface area contributed by atoms with Gasteiger partial charge in [-0.05, 0) is 24.3 Å². The number of para-hydroxylation sites is 1. The van der Waals surface area contributed by atoms with E-state index in [0.717, 1.165) is 33.5 Å². The summed E-state index contributed by atoms with van der Waals surface area (Å²) in [6.07, 6.45) is 3.60. The summed E-state index contributed by atoms with van der Waals surface area (Å²) in [6.45, 7) is 1.22. The zero-order chi connectivity index (χ0) is 14.9. The molecule has 4 aromatic rings. The molecular formula is C17H15N5. The first-order valence-electron chi connectivity index (χ1n) is 7.24. The van der Waals surface area contributed by atoms with Crippen molar-refractivity contribution in [2.45, 2.75) is 6.54 Å². The number of pyridine rings is 2. The SMILES string of the molecule is NCCn1c(-c2ccnc3ccccc23)nc2cccnc21. The lowest BCUT2D eigenvalue weighted by atomic mass is 10.1. The molecule has 0 amide bonds. The Balaban J connectivity index is 2.06. The summed E-state index contributed by atoms with van der Waals surface area (Å²) in [7, 11) is 0. The molecule has 0 saturated carbocycles. The molecule has 108 valence electrons. The number of hydrogen-bond acceptors (Lipinski definition) is 4. The molecular weight excluding hydrogens is 274 g/mol. The summed E-state index contributed by atoms with van der Waals surface area (Å²) in [5.41, 5.74) is 9.54. The standard InChI is InChI=1S/C17H15N5/c18-8-11-22-16(21-15-6-3-9-20-17(15)22)13-7-10-19-14-5-2-1-4-12(13)14/h1-7,9-10H,8,11,18H2. The van der Waals surface area contributed by atoms with Gasteiger partial charge in [-0.1, -0.05) is 18.2 Å². The van der Waals surface area contributed by atoms with Crippen LogP contribution in [0.3, 0.4) is 0 Å². The van der Waals surface area contributed by atoms with Crippen molar-refractivity contribution in [1.29, 1.82) is 0 Å². The van der Waals surface area contributed by atoms with E-state index in [1.807, 2.05) is 42.6 Å². The maximum Gasteiger partial charge on any atom is 0.160 e. The third-order valence-corrected chi connectivity index (χ3v) is 3.75. The van der Waals surface area contributed by atoms with Gasteiger partial charge in [0.1, 0.15) is 11.3 Å². The maximum atomic E-state index is 5.78. The average molecular weight is 289 g/mol. The first-order valence-corrected chi connectivity index (χ1v) is 7.24. The van der Waals surface area contributed by atoms with Gasteiger partial charge in [0.15, 0.2) is 5.65 Å². The van der Waals surface area contributed by atoms with E-state index in [9.17, 15) is 0 Å². The minimum atomic E-state index is 0.540. The van der Waals surface area contributed by atoms with E-state index in [0.29, 0.717) is 13.1 Å². The Bertz CT molecular complexity index is 952. The highest BCUT2D eigenvalue weighted by atomic mass is 15.1. The van der Waals surface area contributed by atoms with Gasteiger partial charge in [0.05, 0.1) is 5.52 Å². The zero-order valence-electron chi connectivity index (χ0n) is 12.0. The highest BCUT2D eigenvalue weighted by molar-refractivity contribution is 5.94. The summed E-state index contributed by atoms with van der Waals surface area (Å²) in [4.78, 5) is 13.6. The lowest BCUT2D eigenvalue weighted by Crippen LogP contribution is -2.11. The summed E-state index contributed by atoms with van der Waals surface area (Å²) >= 11 is 0. The number of rotatable bonds is 3. The molecule has 0 aliphatic heterocycles. The maximum absolute atomic E-state index is 5.78. The molecule has 5 heteroatoms. The van der Waals surface area contributed by atoms with Crippen LogP contribution in [0.1, 0.15) is 0 Å². The third kappa shape index (κ3) is 1.95. The summed E-state index contributed by atoms with van der Waals surface area (Å²) in [6, 6.07) is 13.9. The average Bonchev–Trinajstić information content (AvgIpc) is 2.93. The predicted molar refractivity (Wildman–Crippen MR) is 87.3 cm³/mol. The van der Waals surface area contributed by atoms with Gasteiger partial charge in [0.25, 0.3) is 0 Å². The molecule has 3 aromatic heterocycles. The molecule has 0 saturated heterocycles. The smallest absolute Gasteiger partial charge is 0.160 e. The molecule has 0 bridgehead atoms. The van der Waals surface area contributed by atoms with Gasteiger partial charge in [-0.25, -0.2) is 9.97 Å². The van der Waals surface area contributed by atoms with E-state index < -0.39 is 0 Å². The van der Waals surface area contributed by atoms with Crippen LogP contribution in [-0.4, -0.2) is 26.1 Å². The molecule has 5 nitrogen and oxygen atoms in total. The second-order valence-corrected chi connectivity index (χ2v) is 5.10. The van der Waals surface area contributed by atoms with Gasteiger partial charge in [-0.15, -0.1) is 0 Å². The molecule has 0 spiro atoms. The minimum absolute atomic E-state index is 0.540. The fourth-order valence-corrected chi connectivity index (χ4v) is 2.80. The van der Waals surface area contributed by atoms with Crippen molar-refractivity contribution in [3.8, 4) is 11.4 Å². The van der Waals surface area contributed by atoms with Crippen LogP contribution in [0.5, 0.6) is 0 Å². The molecule has 3 heterocycles. The van der Waals surface area contributed by atoms with Gasteiger partial charge in [-0.2, -0.15) is 0 Å². The highest BCUT2D eigenvalue weighted by Gasteiger charge is 2.15. The van der Waals surface area contributed by atoms with E-state index >= 15 is 0 Å². The molecule has 0 unspecified atom stereocenters. The van der Waals surface area contributed by atoms with Gasteiger partial charge in [-0.3, -0.25) is 4.98 Å². The minimum Gasteiger partial charge on any atom is -0.329 e. The van der Waals surface area contributed by atoms with Gasteiger partial charge < -0.3 is 10.3 Å². The summed E-state index contributed by atoms with van der Waals surface area (Å²) in [5, 5.41) is 1.08. The first kappa shape index (κ1) is 12.9. The molecule has 1 aromatic carbocycles. The van der Waals surface area contributed by atoms with Crippen LogP contribution < -0.4 is 5.73 Å². The van der Waals surface area contributed by atoms with Crippen LogP contribution in [0.15, 0.2) is 54.9 Å². The molecule has 0 aliphatic carbocycles. The Labute approximate surface area is 127 Å². The molecule has 22 heavy (non-hydrogen) atoms. The summed E-state index contributed by atoms with van der Waals surface area (Å²) in [5.74, 6) is 0.887. The van der Waals surface area contributed by atoms with Gasteiger partial charge in [0, 0.05) is 36.4 Å². The molecule has 0 aliphatic rings.